The quantitative estimate of drug-likeness (QED) is 0.489. The van der Waals surface area contributed by atoms with E-state index in [0.717, 1.165) is 24.3 Å². The molecule has 164 valence electrons. The van der Waals surface area contributed by atoms with Crippen LogP contribution in [0.2, 0.25) is 0 Å². The third kappa shape index (κ3) is 3.68. The largest absolute Gasteiger partial charge is 0.493 e. The molecule has 0 saturated carbocycles. The summed E-state index contributed by atoms with van der Waals surface area (Å²) in [4.78, 5) is 22.3. The summed E-state index contributed by atoms with van der Waals surface area (Å²) in [5, 5.41) is -0.287. The molecule has 30 heavy (non-hydrogen) atoms. The highest BCUT2D eigenvalue weighted by Crippen LogP contribution is 2.44. The summed E-state index contributed by atoms with van der Waals surface area (Å²) >= 11 is 3.69. The molecule has 1 aromatic carbocycles. The summed E-state index contributed by atoms with van der Waals surface area (Å²) in [6.45, 7) is 9.76. The van der Waals surface area contributed by atoms with Crippen LogP contribution in [0.25, 0.3) is 0 Å². The minimum absolute atomic E-state index is 0.0101. The first kappa shape index (κ1) is 21.4. The zero-order valence-corrected chi connectivity index (χ0v) is 19.9. The van der Waals surface area contributed by atoms with Crippen LogP contribution in [0.3, 0.4) is 0 Å². The molecule has 1 aromatic rings. The highest BCUT2D eigenvalue weighted by atomic mass is 79.9. The Kier molecular flexibility index (Phi) is 5.74. The summed E-state index contributed by atoms with van der Waals surface area (Å²) in [6, 6.07) is 4.01. The van der Waals surface area contributed by atoms with Gasteiger partial charge in [-0.05, 0) is 68.1 Å². The number of hydrogen-bond acceptors (Lipinski definition) is 6. The van der Waals surface area contributed by atoms with Gasteiger partial charge in [-0.25, -0.2) is 4.99 Å². The first-order valence-corrected chi connectivity index (χ1v) is 11.4. The number of carbonyl (C=O) groups excluding carboxylic acids is 1. The molecule has 3 heterocycles. The normalized spacial score (nSPS) is 25.0. The number of methoxy groups -OCH3 is 1. The highest BCUT2D eigenvalue weighted by molar-refractivity contribution is 9.09. The average Bonchev–Trinajstić information content (AvgIpc) is 3.03. The Morgan fingerprint density at radius 3 is 2.77 bits per heavy atom. The first-order valence-electron chi connectivity index (χ1n) is 10.5. The van der Waals surface area contributed by atoms with E-state index >= 15 is 0 Å². The minimum Gasteiger partial charge on any atom is -0.493 e. The third-order valence-electron chi connectivity index (χ3n) is 5.93. The Labute approximate surface area is 186 Å². The number of rotatable bonds is 4. The molecule has 2 unspecified atom stereocenters. The van der Waals surface area contributed by atoms with Crippen molar-refractivity contribution in [2.24, 2.45) is 4.99 Å². The number of morpholine rings is 1. The highest BCUT2D eigenvalue weighted by Gasteiger charge is 2.45. The lowest BCUT2D eigenvalue weighted by Gasteiger charge is -2.43. The van der Waals surface area contributed by atoms with Gasteiger partial charge in [0.1, 0.15) is 5.71 Å². The average molecular weight is 480 g/mol. The molecule has 0 aromatic heterocycles. The molecule has 3 aliphatic heterocycles. The van der Waals surface area contributed by atoms with E-state index in [-0.39, 0.29) is 28.7 Å². The van der Waals surface area contributed by atoms with Gasteiger partial charge in [-0.1, -0.05) is 0 Å². The van der Waals surface area contributed by atoms with Gasteiger partial charge in [0.2, 0.25) is 0 Å². The number of hydrogen-bond donors (Lipinski definition) is 0. The molecule has 7 nitrogen and oxygen atoms in total. The zero-order chi connectivity index (χ0) is 21.6. The Morgan fingerprint density at radius 1 is 1.33 bits per heavy atom. The molecule has 3 aliphatic rings. The van der Waals surface area contributed by atoms with Crippen molar-refractivity contribution in [3.8, 4) is 11.5 Å². The van der Waals surface area contributed by atoms with Crippen LogP contribution in [0.4, 0.5) is 5.69 Å². The number of ether oxygens (including phenoxy) is 3. The number of fused-ring (bicyclic) bond motifs is 3. The second-order valence-electron chi connectivity index (χ2n) is 8.91. The second kappa shape index (κ2) is 8.04. The fraction of sp³-hybridized carbons (Fsp3) is 0.636. The lowest BCUT2D eigenvalue weighted by molar-refractivity contribution is -0.138. The van der Waals surface area contributed by atoms with Crippen LogP contribution in [0.5, 0.6) is 11.5 Å². The molecule has 1 fully saturated rings. The van der Waals surface area contributed by atoms with Crippen LogP contribution in [-0.2, 0) is 16.0 Å². The van der Waals surface area contributed by atoms with Crippen molar-refractivity contribution in [1.29, 1.82) is 0 Å². The Morgan fingerprint density at radius 2 is 2.10 bits per heavy atom. The van der Waals surface area contributed by atoms with E-state index in [9.17, 15) is 4.79 Å². The van der Waals surface area contributed by atoms with Crippen LogP contribution in [0.15, 0.2) is 17.1 Å². The lowest BCUT2D eigenvalue weighted by Crippen LogP contribution is -2.59. The van der Waals surface area contributed by atoms with Crippen molar-refractivity contribution >= 4 is 33.2 Å². The summed E-state index contributed by atoms with van der Waals surface area (Å²) in [5.41, 5.74) is 2.50. The maximum atomic E-state index is 13.5. The van der Waals surface area contributed by atoms with Crippen LogP contribution >= 0.6 is 15.9 Å². The third-order valence-corrected chi connectivity index (χ3v) is 6.57. The number of amides is 1. The van der Waals surface area contributed by atoms with Gasteiger partial charge >= 0.3 is 0 Å². The number of anilines is 1. The van der Waals surface area contributed by atoms with Crippen molar-refractivity contribution in [3.05, 3.63) is 17.7 Å². The topological polar surface area (TPSA) is 63.6 Å². The molecule has 0 radical (unpaired) electrons. The number of halogens is 1. The monoisotopic (exact) mass is 479 g/mol. The van der Waals surface area contributed by atoms with Gasteiger partial charge in [-0.3, -0.25) is 4.79 Å². The van der Waals surface area contributed by atoms with Gasteiger partial charge in [-0.15, -0.1) is 0 Å². The second-order valence-corrected chi connectivity index (χ2v) is 9.73. The molecular formula is C22H30BrN3O4. The van der Waals surface area contributed by atoms with E-state index in [1.54, 1.807) is 7.11 Å². The van der Waals surface area contributed by atoms with Gasteiger partial charge in [-0.2, -0.15) is 0 Å². The van der Waals surface area contributed by atoms with Gasteiger partial charge in [0, 0.05) is 18.3 Å². The van der Waals surface area contributed by atoms with E-state index < -0.39 is 0 Å². The molecule has 0 aliphatic carbocycles. The van der Waals surface area contributed by atoms with Crippen LogP contribution in [0.1, 0.15) is 39.7 Å². The minimum atomic E-state index is -0.342. The predicted molar refractivity (Wildman–Crippen MR) is 120 cm³/mol. The SMILES string of the molecule is COc1cc2c(cc1OC(C)C)N1C(Br)N=C(C(=O)N3CCOCC3(C)C)C1CC2. The smallest absolute Gasteiger partial charge is 0.270 e. The van der Waals surface area contributed by atoms with Crippen molar-refractivity contribution in [3.63, 3.8) is 0 Å². The Balaban J connectivity index is 1.66. The molecule has 8 heteroatoms. The van der Waals surface area contributed by atoms with E-state index in [4.69, 9.17) is 19.2 Å². The van der Waals surface area contributed by atoms with Crippen LogP contribution in [0, 0.1) is 0 Å². The Bertz CT molecular complexity index is 870. The molecule has 0 bridgehead atoms. The summed E-state index contributed by atoms with van der Waals surface area (Å²) in [6.07, 6.45) is 1.72. The number of alkyl halides is 1. The molecule has 2 atom stereocenters. The number of aryl methyl sites for hydroxylation is 1. The van der Waals surface area contributed by atoms with Crippen molar-refractivity contribution in [1.82, 2.24) is 4.90 Å². The molecular weight excluding hydrogens is 450 g/mol. The van der Waals surface area contributed by atoms with Crippen molar-refractivity contribution < 1.29 is 19.0 Å². The number of benzene rings is 1. The maximum Gasteiger partial charge on any atom is 0.270 e. The molecule has 0 spiro atoms. The predicted octanol–water partition coefficient (Wildman–Crippen LogP) is 3.37. The Hall–Kier alpha value is -1.80. The zero-order valence-electron chi connectivity index (χ0n) is 18.3. The fourth-order valence-electron chi connectivity index (χ4n) is 4.50. The standard InChI is InChI=1S/C22H30BrN3O4/c1-13(2)30-18-11-16-14(10-17(18)28-5)6-7-15-19(24-21(23)26(15)16)20(27)25-8-9-29-12-22(25,3)4/h10-11,13,15,21H,6-9,12H2,1-5H3. The van der Waals surface area contributed by atoms with Crippen molar-refractivity contribution in [2.75, 3.05) is 31.8 Å². The lowest BCUT2D eigenvalue weighted by atomic mass is 9.92. The molecule has 1 amide bonds. The van der Waals surface area contributed by atoms with E-state index in [1.165, 1.54) is 5.56 Å². The summed E-state index contributed by atoms with van der Waals surface area (Å²) < 4.78 is 17.1. The van der Waals surface area contributed by atoms with Gasteiger partial charge in [0.15, 0.2) is 16.6 Å². The van der Waals surface area contributed by atoms with Crippen LogP contribution < -0.4 is 14.4 Å². The van der Waals surface area contributed by atoms with E-state index in [1.807, 2.05) is 44.7 Å². The molecule has 1 saturated heterocycles. The molecule has 0 N–H and O–H groups in total. The van der Waals surface area contributed by atoms with Gasteiger partial charge in [0.25, 0.3) is 5.91 Å². The number of carbonyl (C=O) groups is 1. The van der Waals surface area contributed by atoms with Gasteiger partial charge in [0.05, 0.1) is 38.0 Å². The van der Waals surface area contributed by atoms with Crippen LogP contribution in [-0.4, -0.2) is 66.1 Å². The number of aliphatic imine (C=N–C) groups is 1. The maximum absolute atomic E-state index is 13.5. The molecule has 4 rings (SSSR count). The van der Waals surface area contributed by atoms with Crippen molar-refractivity contribution in [2.45, 2.75) is 63.3 Å². The number of nitrogens with zero attached hydrogens (tertiary/aromatic N) is 3. The summed E-state index contributed by atoms with van der Waals surface area (Å²) in [7, 11) is 1.66. The van der Waals surface area contributed by atoms with E-state index in [0.29, 0.717) is 31.2 Å². The van der Waals surface area contributed by atoms with E-state index in [2.05, 4.69) is 20.8 Å². The first-order chi connectivity index (χ1) is 14.2. The van der Waals surface area contributed by atoms with Gasteiger partial charge < -0.3 is 24.0 Å². The summed E-state index contributed by atoms with van der Waals surface area (Å²) in [5.74, 6) is 1.45. The fourth-order valence-corrected chi connectivity index (χ4v) is 5.23.